The van der Waals surface area contributed by atoms with Crippen molar-refractivity contribution in [3.63, 3.8) is 0 Å². The van der Waals surface area contributed by atoms with Crippen LogP contribution in [0.2, 0.25) is 0 Å². The van der Waals surface area contributed by atoms with Gasteiger partial charge in [-0.3, -0.25) is 4.79 Å². The molecule has 3 rings (SSSR count). The second kappa shape index (κ2) is 10.4. The van der Waals surface area contributed by atoms with Crippen LogP contribution in [-0.2, 0) is 14.8 Å². The highest BCUT2D eigenvalue weighted by Gasteiger charge is 2.27. The molecule has 0 bridgehead atoms. The third-order valence-corrected chi connectivity index (χ3v) is 7.42. The molecule has 0 atom stereocenters. The van der Waals surface area contributed by atoms with Gasteiger partial charge in [-0.2, -0.15) is 0 Å². The first-order chi connectivity index (χ1) is 13.5. The minimum Gasteiger partial charge on any atom is -0.356 e. The largest absolute Gasteiger partial charge is 0.356 e. The van der Waals surface area contributed by atoms with Crippen LogP contribution < -0.4 is 10.0 Å². The predicted octanol–water partition coefficient (Wildman–Crippen LogP) is 2.37. The summed E-state index contributed by atoms with van der Waals surface area (Å²) in [6, 6.07) is 8.46. The molecule has 1 saturated heterocycles. The van der Waals surface area contributed by atoms with Gasteiger partial charge < -0.3 is 10.2 Å². The second-order valence-corrected chi connectivity index (χ2v) is 9.84. The molecular weight excluding hydrogens is 374 g/mol. The van der Waals surface area contributed by atoms with Gasteiger partial charge in [0.05, 0.1) is 4.90 Å². The standard InChI is InChI=1S/C21H33N3O3S/c25-21(22-13-6-16-24-14-4-5-15-24)19-11-9-18(10-12-19)17-23-28(26,27)20-7-2-1-3-8-20/h1-3,7-8,18-19,23H,4-6,9-17H2,(H,22,25). The van der Waals surface area contributed by atoms with Gasteiger partial charge in [0, 0.05) is 19.0 Å². The van der Waals surface area contributed by atoms with E-state index < -0.39 is 10.0 Å². The van der Waals surface area contributed by atoms with Crippen LogP contribution in [0.1, 0.15) is 44.9 Å². The van der Waals surface area contributed by atoms with E-state index >= 15 is 0 Å². The molecule has 1 aromatic rings. The van der Waals surface area contributed by atoms with E-state index in [9.17, 15) is 13.2 Å². The Morgan fingerprint density at radius 2 is 1.71 bits per heavy atom. The number of benzene rings is 1. The summed E-state index contributed by atoms with van der Waals surface area (Å²) in [6.07, 6.45) is 7.09. The highest BCUT2D eigenvalue weighted by molar-refractivity contribution is 7.89. The fraction of sp³-hybridized carbons (Fsp3) is 0.667. The minimum atomic E-state index is -3.44. The van der Waals surface area contributed by atoms with Gasteiger partial charge in [-0.1, -0.05) is 18.2 Å². The van der Waals surface area contributed by atoms with Crippen molar-refractivity contribution in [2.24, 2.45) is 11.8 Å². The number of hydrogen-bond donors (Lipinski definition) is 2. The Hall–Kier alpha value is -1.44. The van der Waals surface area contributed by atoms with E-state index in [1.54, 1.807) is 30.3 Å². The zero-order chi connectivity index (χ0) is 19.8. The lowest BCUT2D eigenvalue weighted by Gasteiger charge is -2.28. The lowest BCUT2D eigenvalue weighted by Crippen LogP contribution is -2.37. The van der Waals surface area contributed by atoms with Crippen molar-refractivity contribution in [1.29, 1.82) is 0 Å². The van der Waals surface area contributed by atoms with Crippen molar-refractivity contribution < 1.29 is 13.2 Å². The minimum absolute atomic E-state index is 0.0776. The first kappa shape index (κ1) is 21.3. The van der Waals surface area contributed by atoms with Gasteiger partial charge in [-0.25, -0.2) is 13.1 Å². The van der Waals surface area contributed by atoms with Crippen LogP contribution in [0.3, 0.4) is 0 Å². The molecule has 0 spiro atoms. The monoisotopic (exact) mass is 407 g/mol. The van der Waals surface area contributed by atoms with Gasteiger partial charge in [-0.05, 0) is 82.6 Å². The number of rotatable bonds is 9. The van der Waals surface area contributed by atoms with Crippen LogP contribution >= 0.6 is 0 Å². The van der Waals surface area contributed by atoms with Crippen molar-refractivity contribution >= 4 is 15.9 Å². The Morgan fingerprint density at radius 3 is 2.39 bits per heavy atom. The highest BCUT2D eigenvalue weighted by Crippen LogP contribution is 2.28. The van der Waals surface area contributed by atoms with E-state index in [0.717, 1.165) is 45.2 Å². The van der Waals surface area contributed by atoms with E-state index in [0.29, 0.717) is 17.4 Å². The Labute approximate surface area is 169 Å². The van der Waals surface area contributed by atoms with Crippen LogP contribution in [0.15, 0.2) is 35.2 Å². The molecule has 1 aromatic carbocycles. The van der Waals surface area contributed by atoms with Crippen molar-refractivity contribution in [3.05, 3.63) is 30.3 Å². The maximum absolute atomic E-state index is 12.4. The van der Waals surface area contributed by atoms with Gasteiger partial charge in [0.1, 0.15) is 0 Å². The topological polar surface area (TPSA) is 78.5 Å². The van der Waals surface area contributed by atoms with E-state index in [1.165, 1.54) is 25.9 Å². The van der Waals surface area contributed by atoms with E-state index in [2.05, 4.69) is 14.9 Å². The fourth-order valence-corrected chi connectivity index (χ4v) is 5.34. The molecule has 1 heterocycles. The van der Waals surface area contributed by atoms with Crippen molar-refractivity contribution in [2.45, 2.75) is 49.8 Å². The Morgan fingerprint density at radius 1 is 1.04 bits per heavy atom. The molecule has 2 N–H and O–H groups in total. The van der Waals surface area contributed by atoms with Crippen molar-refractivity contribution in [3.8, 4) is 0 Å². The van der Waals surface area contributed by atoms with Crippen LogP contribution in [0.4, 0.5) is 0 Å². The van der Waals surface area contributed by atoms with Crippen molar-refractivity contribution in [2.75, 3.05) is 32.7 Å². The molecule has 0 aromatic heterocycles. The Bertz CT molecular complexity index is 710. The number of likely N-dealkylation sites (tertiary alicyclic amines) is 1. The summed E-state index contributed by atoms with van der Waals surface area (Å²) in [4.78, 5) is 15.1. The molecule has 0 unspecified atom stereocenters. The summed E-state index contributed by atoms with van der Waals surface area (Å²) in [5, 5.41) is 3.09. The fourth-order valence-electron chi connectivity index (χ4n) is 4.20. The molecule has 156 valence electrons. The molecular formula is C21H33N3O3S. The summed E-state index contributed by atoms with van der Waals surface area (Å²) in [5.74, 6) is 0.552. The van der Waals surface area contributed by atoms with E-state index in [4.69, 9.17) is 0 Å². The SMILES string of the molecule is O=C(NCCCN1CCCC1)C1CCC(CNS(=O)(=O)c2ccccc2)CC1. The van der Waals surface area contributed by atoms with Crippen LogP contribution in [-0.4, -0.2) is 51.9 Å². The number of nitrogens with one attached hydrogen (secondary N) is 2. The lowest BCUT2D eigenvalue weighted by molar-refractivity contribution is -0.126. The summed E-state index contributed by atoms with van der Waals surface area (Å²) in [7, 11) is -3.44. The van der Waals surface area contributed by atoms with E-state index in [-0.39, 0.29) is 11.8 Å². The highest BCUT2D eigenvalue weighted by atomic mass is 32.2. The molecule has 1 aliphatic heterocycles. The summed E-state index contributed by atoms with van der Waals surface area (Å²) in [5.41, 5.74) is 0. The molecule has 1 amide bonds. The number of amides is 1. The predicted molar refractivity (Wildman–Crippen MR) is 110 cm³/mol. The van der Waals surface area contributed by atoms with Crippen LogP contribution in [0, 0.1) is 11.8 Å². The smallest absolute Gasteiger partial charge is 0.240 e. The molecule has 6 nitrogen and oxygen atoms in total. The molecule has 0 radical (unpaired) electrons. The quantitative estimate of drug-likeness (QED) is 0.616. The van der Waals surface area contributed by atoms with E-state index in [1.807, 2.05) is 0 Å². The zero-order valence-corrected chi connectivity index (χ0v) is 17.4. The van der Waals surface area contributed by atoms with Gasteiger partial charge >= 0.3 is 0 Å². The molecule has 2 fully saturated rings. The van der Waals surface area contributed by atoms with Gasteiger partial charge in [0.2, 0.25) is 15.9 Å². The lowest BCUT2D eigenvalue weighted by atomic mass is 9.81. The molecule has 1 aliphatic carbocycles. The maximum atomic E-state index is 12.4. The normalized spacial score (nSPS) is 23.6. The summed E-state index contributed by atoms with van der Waals surface area (Å²) in [6.45, 7) is 4.68. The third-order valence-electron chi connectivity index (χ3n) is 5.98. The first-order valence-corrected chi connectivity index (χ1v) is 12.1. The third kappa shape index (κ3) is 6.29. The number of carbonyl (C=O) groups is 1. The second-order valence-electron chi connectivity index (χ2n) is 8.08. The summed E-state index contributed by atoms with van der Waals surface area (Å²) < 4.78 is 27.3. The average Bonchev–Trinajstić information content (AvgIpc) is 3.24. The molecule has 7 heteroatoms. The number of hydrogen-bond acceptors (Lipinski definition) is 4. The van der Waals surface area contributed by atoms with Crippen molar-refractivity contribution in [1.82, 2.24) is 14.9 Å². The number of nitrogens with zero attached hydrogens (tertiary/aromatic N) is 1. The van der Waals surface area contributed by atoms with Crippen LogP contribution in [0.25, 0.3) is 0 Å². The molecule has 28 heavy (non-hydrogen) atoms. The number of sulfonamides is 1. The average molecular weight is 408 g/mol. The first-order valence-electron chi connectivity index (χ1n) is 10.6. The van der Waals surface area contributed by atoms with Gasteiger partial charge in [0.15, 0.2) is 0 Å². The molecule has 1 saturated carbocycles. The van der Waals surface area contributed by atoms with Gasteiger partial charge in [-0.15, -0.1) is 0 Å². The molecule has 2 aliphatic rings. The Balaban J connectivity index is 1.32. The van der Waals surface area contributed by atoms with Gasteiger partial charge in [0.25, 0.3) is 0 Å². The number of carbonyl (C=O) groups excluding carboxylic acids is 1. The van der Waals surface area contributed by atoms with Crippen LogP contribution in [0.5, 0.6) is 0 Å². The maximum Gasteiger partial charge on any atom is 0.240 e. The Kier molecular flexibility index (Phi) is 7.88. The zero-order valence-electron chi connectivity index (χ0n) is 16.6. The summed E-state index contributed by atoms with van der Waals surface area (Å²) >= 11 is 0.